The van der Waals surface area contributed by atoms with Crippen LogP contribution in [-0.4, -0.2) is 33.7 Å². The zero-order valence-electron chi connectivity index (χ0n) is 14.5. The summed E-state index contributed by atoms with van der Waals surface area (Å²) in [6.45, 7) is 2.42. The van der Waals surface area contributed by atoms with Gasteiger partial charge in [-0.05, 0) is 69.6 Å². The van der Waals surface area contributed by atoms with Gasteiger partial charge in [0.05, 0.1) is 5.60 Å². The van der Waals surface area contributed by atoms with Crippen LogP contribution >= 0.6 is 0 Å². The molecule has 2 atom stereocenters. The van der Waals surface area contributed by atoms with E-state index >= 15 is 0 Å². The van der Waals surface area contributed by atoms with Gasteiger partial charge in [-0.2, -0.15) is 0 Å². The van der Waals surface area contributed by atoms with Gasteiger partial charge in [-0.25, -0.2) is 4.79 Å². The van der Waals surface area contributed by atoms with Crippen molar-refractivity contribution in [3.8, 4) is 0 Å². The Hall–Kier alpha value is -1.59. The van der Waals surface area contributed by atoms with Crippen LogP contribution in [0.15, 0.2) is 24.3 Å². The highest BCUT2D eigenvalue weighted by Gasteiger charge is 2.44. The summed E-state index contributed by atoms with van der Waals surface area (Å²) in [6, 6.07) is 8.74. The van der Waals surface area contributed by atoms with E-state index in [2.05, 4.69) is 5.32 Å². The average molecular weight is 331 g/mol. The number of fused-ring (bicyclic) bond motifs is 2. The second kappa shape index (κ2) is 7.11. The third-order valence-electron chi connectivity index (χ3n) is 5.51. The molecular formula is C19H29N3O2. The Morgan fingerprint density at radius 1 is 1.25 bits per heavy atom. The maximum atomic E-state index is 12.2. The first-order valence-corrected chi connectivity index (χ1v) is 9.09. The Morgan fingerprint density at radius 2 is 1.83 bits per heavy atom. The van der Waals surface area contributed by atoms with E-state index in [0.29, 0.717) is 18.6 Å². The van der Waals surface area contributed by atoms with Crippen molar-refractivity contribution in [3.63, 3.8) is 0 Å². The van der Waals surface area contributed by atoms with E-state index in [1.165, 1.54) is 19.3 Å². The van der Waals surface area contributed by atoms with E-state index in [-0.39, 0.29) is 11.6 Å². The molecule has 2 amide bonds. The molecule has 0 unspecified atom stereocenters. The molecule has 2 bridgehead atoms. The Balaban J connectivity index is 0.000000238. The lowest BCUT2D eigenvalue weighted by Crippen LogP contribution is -2.62. The van der Waals surface area contributed by atoms with Gasteiger partial charge < -0.3 is 21.1 Å². The number of hydrogen-bond acceptors (Lipinski definition) is 3. The number of carbonyl (C=O) groups is 1. The molecule has 24 heavy (non-hydrogen) atoms. The van der Waals surface area contributed by atoms with Crippen LogP contribution in [0.5, 0.6) is 0 Å². The lowest BCUT2D eigenvalue weighted by molar-refractivity contribution is -0.0147. The van der Waals surface area contributed by atoms with Crippen LogP contribution < -0.4 is 11.1 Å². The second-order valence-corrected chi connectivity index (χ2v) is 7.56. The molecule has 1 aromatic carbocycles. The smallest absolute Gasteiger partial charge is 0.322 e. The fourth-order valence-corrected chi connectivity index (χ4v) is 3.74. The number of urea groups is 1. The normalized spacial score (nSPS) is 26.4. The van der Waals surface area contributed by atoms with Gasteiger partial charge in [0, 0.05) is 24.3 Å². The third kappa shape index (κ3) is 3.90. The Labute approximate surface area is 144 Å². The number of aliphatic hydroxyl groups is 1. The van der Waals surface area contributed by atoms with E-state index in [9.17, 15) is 4.79 Å². The van der Waals surface area contributed by atoms with Crippen LogP contribution in [0, 0.1) is 0 Å². The van der Waals surface area contributed by atoms with Gasteiger partial charge in [-0.1, -0.05) is 12.1 Å². The highest BCUT2D eigenvalue weighted by Crippen LogP contribution is 2.38. The SMILES string of the molecule is CC1(O)CCC1.NCc1ccc(NC(=O)N2[C@@H]3CCC[C@H]2C3)cc1. The number of carbonyl (C=O) groups excluding carboxylic acids is 1. The Morgan fingerprint density at radius 3 is 2.25 bits per heavy atom. The first-order valence-electron chi connectivity index (χ1n) is 9.09. The van der Waals surface area contributed by atoms with Crippen molar-refractivity contribution in [2.75, 3.05) is 5.32 Å². The number of benzene rings is 1. The zero-order valence-corrected chi connectivity index (χ0v) is 14.5. The molecule has 3 aliphatic rings. The summed E-state index contributed by atoms with van der Waals surface area (Å²) in [5, 5.41) is 11.9. The number of nitrogens with zero attached hydrogens (tertiary/aromatic N) is 1. The number of hydrogen-bond donors (Lipinski definition) is 3. The van der Waals surface area contributed by atoms with E-state index in [1.54, 1.807) is 0 Å². The van der Waals surface area contributed by atoms with Crippen molar-refractivity contribution < 1.29 is 9.90 Å². The number of nitrogens with one attached hydrogen (secondary N) is 1. The van der Waals surface area contributed by atoms with Crippen molar-refractivity contribution in [1.29, 1.82) is 0 Å². The van der Waals surface area contributed by atoms with E-state index in [4.69, 9.17) is 10.8 Å². The third-order valence-corrected chi connectivity index (χ3v) is 5.51. The first-order chi connectivity index (χ1) is 11.5. The van der Waals surface area contributed by atoms with Crippen molar-refractivity contribution in [1.82, 2.24) is 4.90 Å². The average Bonchev–Trinajstić information content (AvgIpc) is 2.55. The van der Waals surface area contributed by atoms with E-state index < -0.39 is 0 Å². The summed E-state index contributed by atoms with van der Waals surface area (Å²) in [5.74, 6) is 0. The fraction of sp³-hybridized carbons (Fsp3) is 0.632. The molecule has 2 aliphatic heterocycles. The van der Waals surface area contributed by atoms with E-state index in [0.717, 1.165) is 36.9 Å². The molecule has 4 N–H and O–H groups in total. The highest BCUT2D eigenvalue weighted by molar-refractivity contribution is 5.90. The molecular weight excluding hydrogens is 302 g/mol. The quantitative estimate of drug-likeness (QED) is 0.778. The largest absolute Gasteiger partial charge is 0.390 e. The standard InChI is InChI=1S/C14H19N3O.C5H10O/c15-9-10-4-6-11(7-5-10)16-14(18)17-12-2-1-3-13(17)8-12;1-5(6)3-2-4-5/h4-7,12-13H,1-3,8-9,15H2,(H,16,18);6H,2-4H2,1H3/t12-,13+;. The topological polar surface area (TPSA) is 78.6 Å². The molecule has 132 valence electrons. The number of nitrogens with two attached hydrogens (primary N) is 1. The number of amides is 2. The Kier molecular flexibility index (Phi) is 5.11. The molecule has 1 saturated carbocycles. The maximum Gasteiger partial charge on any atom is 0.322 e. The van der Waals surface area contributed by atoms with Gasteiger partial charge in [-0.15, -0.1) is 0 Å². The molecule has 5 heteroatoms. The highest BCUT2D eigenvalue weighted by atomic mass is 16.3. The molecule has 0 aromatic heterocycles. The molecule has 2 heterocycles. The van der Waals surface area contributed by atoms with Crippen LogP contribution in [0.4, 0.5) is 10.5 Å². The number of anilines is 1. The van der Waals surface area contributed by atoms with Gasteiger partial charge >= 0.3 is 6.03 Å². The Bertz CT molecular complexity index is 550. The van der Waals surface area contributed by atoms with Crippen molar-refractivity contribution >= 4 is 11.7 Å². The molecule has 2 saturated heterocycles. The molecule has 4 rings (SSSR count). The number of rotatable bonds is 2. The summed E-state index contributed by atoms with van der Waals surface area (Å²) in [4.78, 5) is 14.2. The van der Waals surface area contributed by atoms with Gasteiger partial charge in [0.25, 0.3) is 0 Å². The zero-order chi connectivity index (χ0) is 17.2. The van der Waals surface area contributed by atoms with Crippen molar-refractivity contribution in [2.45, 2.75) is 76.1 Å². The van der Waals surface area contributed by atoms with Gasteiger partial charge in [0.2, 0.25) is 0 Å². The van der Waals surface area contributed by atoms with Crippen molar-refractivity contribution in [2.24, 2.45) is 5.73 Å². The molecule has 3 fully saturated rings. The molecule has 1 aromatic rings. The summed E-state index contributed by atoms with van der Waals surface area (Å²) >= 11 is 0. The van der Waals surface area contributed by atoms with Gasteiger partial charge in [0.1, 0.15) is 0 Å². The molecule has 0 spiro atoms. The van der Waals surface area contributed by atoms with Crippen LogP contribution in [0.1, 0.15) is 57.4 Å². The lowest BCUT2D eigenvalue weighted by atomic mass is 9.80. The predicted molar refractivity (Wildman–Crippen MR) is 95.7 cm³/mol. The van der Waals surface area contributed by atoms with Crippen molar-refractivity contribution in [3.05, 3.63) is 29.8 Å². The fourth-order valence-electron chi connectivity index (χ4n) is 3.74. The van der Waals surface area contributed by atoms with Crippen LogP contribution in [0.2, 0.25) is 0 Å². The second-order valence-electron chi connectivity index (χ2n) is 7.56. The maximum absolute atomic E-state index is 12.2. The van der Waals surface area contributed by atoms with Crippen LogP contribution in [0.3, 0.4) is 0 Å². The lowest BCUT2D eigenvalue weighted by Gasteiger charge is -2.52. The predicted octanol–water partition coefficient (Wildman–Crippen LogP) is 3.23. The molecule has 0 radical (unpaired) electrons. The molecule has 5 nitrogen and oxygen atoms in total. The number of piperidine rings is 1. The minimum absolute atomic E-state index is 0.0523. The summed E-state index contributed by atoms with van der Waals surface area (Å²) in [7, 11) is 0. The minimum atomic E-state index is -0.278. The van der Waals surface area contributed by atoms with Crippen LogP contribution in [-0.2, 0) is 6.54 Å². The monoisotopic (exact) mass is 331 g/mol. The van der Waals surface area contributed by atoms with E-state index in [1.807, 2.05) is 36.1 Å². The summed E-state index contributed by atoms with van der Waals surface area (Å²) in [5.41, 5.74) is 7.20. The molecule has 1 aliphatic carbocycles. The summed E-state index contributed by atoms with van der Waals surface area (Å²) < 4.78 is 0. The van der Waals surface area contributed by atoms with Crippen LogP contribution in [0.25, 0.3) is 0 Å². The first kappa shape index (κ1) is 17.2. The summed E-state index contributed by atoms with van der Waals surface area (Å²) in [6.07, 6.45) is 8.02. The minimum Gasteiger partial charge on any atom is -0.390 e. The van der Waals surface area contributed by atoms with Gasteiger partial charge in [-0.3, -0.25) is 0 Å². The van der Waals surface area contributed by atoms with Gasteiger partial charge in [0.15, 0.2) is 0 Å².